The molecule has 3 rings (SSSR count). The maximum atomic E-state index is 14.5. The van der Waals surface area contributed by atoms with E-state index in [0.717, 1.165) is 24.5 Å². The number of oxazole rings is 1. The minimum atomic E-state index is -4.70. The molecule has 0 fully saturated rings. The molecule has 0 spiro atoms. The molecule has 2 aromatic carbocycles. The Kier molecular flexibility index (Phi) is 4.66. The quantitative estimate of drug-likeness (QED) is 0.606. The minimum Gasteiger partial charge on any atom is -0.415 e. The second-order valence-corrected chi connectivity index (χ2v) is 7.79. The van der Waals surface area contributed by atoms with E-state index in [9.17, 15) is 35.2 Å². The van der Waals surface area contributed by atoms with Crippen molar-refractivity contribution in [3.8, 4) is 16.9 Å². The van der Waals surface area contributed by atoms with Crippen LogP contribution in [0.15, 0.2) is 56.8 Å². The van der Waals surface area contributed by atoms with Crippen LogP contribution in [0.5, 0.6) is 0 Å². The van der Waals surface area contributed by atoms with Gasteiger partial charge in [-0.3, -0.25) is 0 Å². The Balaban J connectivity index is 2.24. The molecule has 11 heteroatoms. The Morgan fingerprint density at radius 1 is 1.04 bits per heavy atom. The van der Waals surface area contributed by atoms with Crippen molar-refractivity contribution in [1.82, 2.24) is 4.57 Å². The second-order valence-electron chi connectivity index (χ2n) is 5.80. The number of hydrogen-bond donors (Lipinski definition) is 0. The number of sulfone groups is 1. The van der Waals surface area contributed by atoms with Gasteiger partial charge in [-0.05, 0) is 30.3 Å². The predicted molar refractivity (Wildman–Crippen MR) is 87.8 cm³/mol. The lowest BCUT2D eigenvalue weighted by Gasteiger charge is -2.11. The first-order chi connectivity index (χ1) is 12.9. The monoisotopic (exact) mass is 419 g/mol. The zero-order chi connectivity index (χ0) is 20.9. The molecule has 28 heavy (non-hydrogen) atoms. The molecule has 0 aliphatic carbocycles. The van der Waals surface area contributed by atoms with E-state index in [1.54, 1.807) is 0 Å². The maximum Gasteiger partial charge on any atom is 0.424 e. The van der Waals surface area contributed by atoms with Crippen LogP contribution in [0.1, 0.15) is 5.56 Å². The van der Waals surface area contributed by atoms with Crippen molar-refractivity contribution < 1.29 is 34.8 Å². The summed E-state index contributed by atoms with van der Waals surface area (Å²) < 4.78 is 95.6. The smallest absolute Gasteiger partial charge is 0.415 e. The number of aromatic nitrogens is 1. The van der Waals surface area contributed by atoms with E-state index in [4.69, 9.17) is 0 Å². The molecule has 5 nitrogen and oxygen atoms in total. The highest BCUT2D eigenvalue weighted by atomic mass is 32.2. The molecule has 0 saturated carbocycles. The number of halogens is 5. The van der Waals surface area contributed by atoms with Crippen molar-refractivity contribution in [2.24, 2.45) is 0 Å². The Morgan fingerprint density at radius 3 is 2.32 bits per heavy atom. The largest absolute Gasteiger partial charge is 0.424 e. The highest BCUT2D eigenvalue weighted by Crippen LogP contribution is 2.32. The van der Waals surface area contributed by atoms with Crippen LogP contribution in [-0.2, 0) is 16.0 Å². The van der Waals surface area contributed by atoms with Crippen molar-refractivity contribution in [2.75, 3.05) is 6.26 Å². The van der Waals surface area contributed by atoms with Gasteiger partial charge in [-0.15, -0.1) is 0 Å². The number of nitrogens with zero attached hydrogens (tertiary/aromatic N) is 1. The Morgan fingerprint density at radius 2 is 1.71 bits per heavy atom. The van der Waals surface area contributed by atoms with Gasteiger partial charge in [0.1, 0.15) is 22.8 Å². The highest BCUT2D eigenvalue weighted by molar-refractivity contribution is 7.90. The molecule has 0 aliphatic heterocycles. The van der Waals surface area contributed by atoms with Crippen molar-refractivity contribution in [2.45, 2.75) is 11.1 Å². The third kappa shape index (κ3) is 3.57. The lowest BCUT2D eigenvalue weighted by atomic mass is 10.1. The van der Waals surface area contributed by atoms with Crippen LogP contribution in [0.2, 0.25) is 0 Å². The van der Waals surface area contributed by atoms with E-state index in [2.05, 4.69) is 4.42 Å². The standard InChI is InChI=1S/C17H10F5NO4S/c1-28(25,26)15-7-12(18)11(6-13(15)19)14-8-27-16(24)23(14)10-4-2-3-9(5-10)17(20,21)22/h2-8H,1H3. The molecule has 1 aromatic heterocycles. The molecular weight excluding hydrogens is 409 g/mol. The highest BCUT2D eigenvalue weighted by Gasteiger charge is 2.31. The first kappa shape index (κ1) is 19.8. The molecule has 0 bridgehead atoms. The molecule has 0 atom stereocenters. The summed E-state index contributed by atoms with van der Waals surface area (Å²) in [7, 11) is -4.07. The lowest BCUT2D eigenvalue weighted by Crippen LogP contribution is -2.15. The predicted octanol–water partition coefficient (Wildman–Crippen LogP) is 3.80. The first-order valence-corrected chi connectivity index (χ1v) is 9.36. The fraction of sp³-hybridized carbons (Fsp3) is 0.118. The third-order valence-electron chi connectivity index (χ3n) is 3.82. The number of hydrogen-bond acceptors (Lipinski definition) is 4. The van der Waals surface area contributed by atoms with Crippen molar-refractivity contribution in [3.63, 3.8) is 0 Å². The van der Waals surface area contributed by atoms with Crippen LogP contribution < -0.4 is 5.76 Å². The molecule has 1 heterocycles. The molecular formula is C17H10F5NO4S. The van der Waals surface area contributed by atoms with Crippen LogP contribution >= 0.6 is 0 Å². The van der Waals surface area contributed by atoms with Gasteiger partial charge in [0.25, 0.3) is 0 Å². The summed E-state index contributed by atoms with van der Waals surface area (Å²) in [6.45, 7) is 0. The number of benzene rings is 2. The van der Waals surface area contributed by atoms with E-state index in [1.165, 1.54) is 0 Å². The summed E-state index contributed by atoms with van der Waals surface area (Å²) in [5, 5.41) is 0. The van der Waals surface area contributed by atoms with Crippen LogP contribution in [0.25, 0.3) is 16.9 Å². The molecule has 0 saturated heterocycles. The van der Waals surface area contributed by atoms with Gasteiger partial charge in [-0.25, -0.2) is 26.6 Å². The van der Waals surface area contributed by atoms with Gasteiger partial charge in [0.2, 0.25) is 0 Å². The van der Waals surface area contributed by atoms with Gasteiger partial charge in [0, 0.05) is 11.8 Å². The van der Waals surface area contributed by atoms with E-state index >= 15 is 0 Å². The van der Waals surface area contributed by atoms with Gasteiger partial charge < -0.3 is 4.42 Å². The number of rotatable bonds is 3. The van der Waals surface area contributed by atoms with E-state index < -0.39 is 49.4 Å². The van der Waals surface area contributed by atoms with Crippen LogP contribution in [-0.4, -0.2) is 19.2 Å². The zero-order valence-electron chi connectivity index (χ0n) is 13.9. The summed E-state index contributed by atoms with van der Waals surface area (Å²) in [5.74, 6) is -3.63. The summed E-state index contributed by atoms with van der Waals surface area (Å²) in [4.78, 5) is 11.1. The summed E-state index contributed by atoms with van der Waals surface area (Å²) in [5.41, 5.74) is -2.31. The van der Waals surface area contributed by atoms with Crippen LogP contribution in [0, 0.1) is 11.6 Å². The minimum absolute atomic E-state index is 0.296. The SMILES string of the molecule is CS(=O)(=O)c1cc(F)c(-c2coc(=O)n2-c2cccc(C(F)(F)F)c2)cc1F. The van der Waals surface area contributed by atoms with Gasteiger partial charge in [-0.1, -0.05) is 6.07 Å². The molecule has 148 valence electrons. The lowest BCUT2D eigenvalue weighted by molar-refractivity contribution is -0.137. The average molecular weight is 419 g/mol. The zero-order valence-corrected chi connectivity index (χ0v) is 14.7. The van der Waals surface area contributed by atoms with Crippen molar-refractivity contribution in [3.05, 3.63) is 70.4 Å². The summed E-state index contributed by atoms with van der Waals surface area (Å²) in [6, 6.07) is 4.54. The van der Waals surface area contributed by atoms with Gasteiger partial charge in [0.15, 0.2) is 9.84 Å². The van der Waals surface area contributed by atoms with E-state index in [0.29, 0.717) is 29.0 Å². The van der Waals surface area contributed by atoms with Gasteiger partial charge in [-0.2, -0.15) is 13.2 Å². The van der Waals surface area contributed by atoms with Crippen molar-refractivity contribution in [1.29, 1.82) is 0 Å². The van der Waals surface area contributed by atoms with Crippen LogP contribution in [0.3, 0.4) is 0 Å². The topological polar surface area (TPSA) is 69.3 Å². The van der Waals surface area contributed by atoms with Crippen LogP contribution in [0.4, 0.5) is 22.0 Å². The van der Waals surface area contributed by atoms with Gasteiger partial charge in [0.05, 0.1) is 16.9 Å². The van der Waals surface area contributed by atoms with E-state index in [-0.39, 0.29) is 11.4 Å². The molecule has 0 unspecified atom stereocenters. The fourth-order valence-corrected chi connectivity index (χ4v) is 3.30. The average Bonchev–Trinajstić information content (AvgIpc) is 2.96. The molecule has 0 radical (unpaired) electrons. The Hall–Kier alpha value is -2.95. The summed E-state index contributed by atoms with van der Waals surface area (Å²) >= 11 is 0. The number of alkyl halides is 3. The Labute approximate surface area is 154 Å². The second kappa shape index (κ2) is 6.59. The van der Waals surface area contributed by atoms with Crippen molar-refractivity contribution >= 4 is 9.84 Å². The molecule has 0 N–H and O–H groups in total. The molecule has 0 aliphatic rings. The first-order valence-electron chi connectivity index (χ1n) is 7.47. The molecule has 0 amide bonds. The van der Waals surface area contributed by atoms with E-state index in [1.807, 2.05) is 0 Å². The normalized spacial score (nSPS) is 12.4. The Bertz CT molecular complexity index is 1230. The fourth-order valence-electron chi connectivity index (χ4n) is 2.57. The maximum absolute atomic E-state index is 14.5. The van der Waals surface area contributed by atoms with Gasteiger partial charge >= 0.3 is 11.9 Å². The molecule has 3 aromatic rings. The summed E-state index contributed by atoms with van der Waals surface area (Å²) in [6.07, 6.45) is -3.28. The third-order valence-corrected chi connectivity index (χ3v) is 4.94.